The molecule has 1 fully saturated rings. The maximum Gasteiger partial charge on any atom is 0.259 e. The summed E-state index contributed by atoms with van der Waals surface area (Å²) in [6, 6.07) is 10.0. The van der Waals surface area contributed by atoms with Crippen molar-refractivity contribution < 1.29 is 4.79 Å². The third kappa shape index (κ3) is 3.36. The minimum Gasteiger partial charge on any atom is -0.370 e. The molecular weight excluding hydrogens is 286 g/mol. The predicted octanol–water partition coefficient (Wildman–Crippen LogP) is 3.66. The number of anilines is 2. The molecule has 0 saturated carbocycles. The van der Waals surface area contributed by atoms with E-state index in [1.165, 1.54) is 12.8 Å². The molecule has 4 nitrogen and oxygen atoms in total. The van der Waals surface area contributed by atoms with E-state index in [9.17, 15) is 4.79 Å². The fraction of sp³-hybridized carbons (Fsp3) is 0.368. The molecule has 1 amide bonds. The standard InChI is InChI=1S/C19H23N3O/c1-3-22(17-8-6-7-15(2)11-17)19(23)16-12-18(14-20-13-16)21-9-4-5-10-21/h6-8,11-14H,3-5,9-10H2,1-2H3. The van der Waals surface area contributed by atoms with Gasteiger partial charge in [-0.25, -0.2) is 0 Å². The van der Waals surface area contributed by atoms with Crippen molar-refractivity contribution >= 4 is 17.3 Å². The van der Waals surface area contributed by atoms with E-state index in [2.05, 4.69) is 9.88 Å². The Morgan fingerprint density at radius 3 is 2.70 bits per heavy atom. The van der Waals surface area contributed by atoms with Crippen molar-refractivity contribution in [2.45, 2.75) is 26.7 Å². The molecule has 2 heterocycles. The molecular formula is C19H23N3O. The summed E-state index contributed by atoms with van der Waals surface area (Å²) in [6.07, 6.45) is 5.94. The summed E-state index contributed by atoms with van der Waals surface area (Å²) in [5.41, 5.74) is 3.79. The van der Waals surface area contributed by atoms with Crippen LogP contribution in [0.4, 0.5) is 11.4 Å². The van der Waals surface area contributed by atoms with Crippen molar-refractivity contribution in [1.82, 2.24) is 4.98 Å². The number of aryl methyl sites for hydroxylation is 1. The van der Waals surface area contributed by atoms with Crippen LogP contribution < -0.4 is 9.80 Å². The maximum atomic E-state index is 12.9. The minimum atomic E-state index is 0.00615. The van der Waals surface area contributed by atoms with Crippen LogP contribution in [0.25, 0.3) is 0 Å². The molecule has 1 aromatic carbocycles. The average Bonchev–Trinajstić information content (AvgIpc) is 3.10. The average molecular weight is 309 g/mol. The number of benzene rings is 1. The molecule has 4 heteroatoms. The molecule has 0 atom stereocenters. The third-order valence-electron chi connectivity index (χ3n) is 4.32. The predicted molar refractivity (Wildman–Crippen MR) is 94.2 cm³/mol. The second-order valence-corrected chi connectivity index (χ2v) is 6.01. The monoisotopic (exact) mass is 309 g/mol. The van der Waals surface area contributed by atoms with Gasteiger partial charge in [0.25, 0.3) is 5.91 Å². The van der Waals surface area contributed by atoms with Crippen LogP contribution in [0.3, 0.4) is 0 Å². The van der Waals surface area contributed by atoms with Crippen LogP contribution in [-0.4, -0.2) is 30.5 Å². The van der Waals surface area contributed by atoms with E-state index in [1.807, 2.05) is 50.4 Å². The van der Waals surface area contributed by atoms with Crippen molar-refractivity contribution in [1.29, 1.82) is 0 Å². The van der Waals surface area contributed by atoms with E-state index in [4.69, 9.17) is 0 Å². The number of rotatable bonds is 4. The lowest BCUT2D eigenvalue weighted by molar-refractivity contribution is 0.0988. The van der Waals surface area contributed by atoms with Gasteiger partial charge in [-0.2, -0.15) is 0 Å². The van der Waals surface area contributed by atoms with Crippen LogP contribution in [0.15, 0.2) is 42.7 Å². The minimum absolute atomic E-state index is 0.00615. The van der Waals surface area contributed by atoms with Crippen molar-refractivity contribution in [3.8, 4) is 0 Å². The third-order valence-corrected chi connectivity index (χ3v) is 4.32. The topological polar surface area (TPSA) is 36.4 Å². The van der Waals surface area contributed by atoms with E-state index in [0.717, 1.165) is 30.0 Å². The number of aromatic nitrogens is 1. The Balaban J connectivity index is 1.87. The number of hydrogen-bond donors (Lipinski definition) is 0. The lowest BCUT2D eigenvalue weighted by Crippen LogP contribution is -2.31. The molecule has 0 aliphatic carbocycles. The molecule has 1 aliphatic rings. The van der Waals surface area contributed by atoms with Crippen LogP contribution in [0, 0.1) is 6.92 Å². The van der Waals surface area contributed by atoms with E-state index in [-0.39, 0.29) is 5.91 Å². The quantitative estimate of drug-likeness (QED) is 0.865. The highest BCUT2D eigenvalue weighted by molar-refractivity contribution is 6.06. The Hall–Kier alpha value is -2.36. The van der Waals surface area contributed by atoms with E-state index in [1.54, 1.807) is 11.1 Å². The number of nitrogens with zero attached hydrogens (tertiary/aromatic N) is 3. The highest BCUT2D eigenvalue weighted by atomic mass is 16.2. The zero-order valence-corrected chi connectivity index (χ0v) is 13.8. The Labute approximate surface area is 137 Å². The van der Waals surface area contributed by atoms with Gasteiger partial charge in [0.2, 0.25) is 0 Å². The second-order valence-electron chi connectivity index (χ2n) is 6.01. The molecule has 120 valence electrons. The Bertz CT molecular complexity index is 693. The van der Waals surface area contributed by atoms with Crippen LogP contribution in [-0.2, 0) is 0 Å². The normalized spacial score (nSPS) is 14.1. The molecule has 0 unspecified atom stereocenters. The summed E-state index contributed by atoms with van der Waals surface area (Å²) in [5.74, 6) is 0.00615. The number of amides is 1. The molecule has 1 saturated heterocycles. The van der Waals surface area contributed by atoms with Gasteiger partial charge in [-0.3, -0.25) is 9.78 Å². The van der Waals surface area contributed by atoms with Gasteiger partial charge in [-0.15, -0.1) is 0 Å². The largest absolute Gasteiger partial charge is 0.370 e. The van der Waals surface area contributed by atoms with Gasteiger partial charge in [-0.1, -0.05) is 12.1 Å². The molecule has 1 aromatic heterocycles. The van der Waals surface area contributed by atoms with Crippen LogP contribution in [0.2, 0.25) is 0 Å². The smallest absolute Gasteiger partial charge is 0.259 e. The number of hydrogen-bond acceptors (Lipinski definition) is 3. The molecule has 0 radical (unpaired) electrons. The van der Waals surface area contributed by atoms with Gasteiger partial charge in [0, 0.05) is 31.5 Å². The van der Waals surface area contributed by atoms with Crippen molar-refractivity contribution in [3.05, 3.63) is 53.9 Å². The summed E-state index contributed by atoms with van der Waals surface area (Å²) in [7, 11) is 0. The van der Waals surface area contributed by atoms with E-state index < -0.39 is 0 Å². The van der Waals surface area contributed by atoms with Gasteiger partial charge in [-0.05, 0) is 50.5 Å². The SMILES string of the molecule is CCN(C(=O)c1cncc(N2CCCC2)c1)c1cccc(C)c1. The Morgan fingerprint density at radius 2 is 2.00 bits per heavy atom. The summed E-state index contributed by atoms with van der Waals surface area (Å²) < 4.78 is 0. The number of pyridine rings is 1. The zero-order valence-electron chi connectivity index (χ0n) is 13.8. The van der Waals surface area contributed by atoms with Crippen LogP contribution in [0.1, 0.15) is 35.7 Å². The van der Waals surface area contributed by atoms with E-state index in [0.29, 0.717) is 12.1 Å². The van der Waals surface area contributed by atoms with Crippen molar-refractivity contribution in [2.75, 3.05) is 29.4 Å². The first-order valence-electron chi connectivity index (χ1n) is 8.27. The van der Waals surface area contributed by atoms with E-state index >= 15 is 0 Å². The number of carbonyl (C=O) groups excluding carboxylic acids is 1. The summed E-state index contributed by atoms with van der Waals surface area (Å²) in [5, 5.41) is 0. The molecule has 3 rings (SSSR count). The van der Waals surface area contributed by atoms with Crippen molar-refractivity contribution in [2.24, 2.45) is 0 Å². The highest BCUT2D eigenvalue weighted by Gasteiger charge is 2.19. The van der Waals surface area contributed by atoms with Gasteiger partial charge in [0.05, 0.1) is 17.4 Å². The number of carbonyl (C=O) groups is 1. The van der Waals surface area contributed by atoms with Gasteiger partial charge >= 0.3 is 0 Å². The molecule has 0 spiro atoms. The van der Waals surface area contributed by atoms with Crippen LogP contribution in [0.5, 0.6) is 0 Å². The summed E-state index contributed by atoms with van der Waals surface area (Å²) >= 11 is 0. The summed E-state index contributed by atoms with van der Waals surface area (Å²) in [6.45, 7) is 6.77. The maximum absolute atomic E-state index is 12.9. The molecule has 2 aromatic rings. The fourth-order valence-electron chi connectivity index (χ4n) is 3.09. The fourth-order valence-corrected chi connectivity index (χ4v) is 3.09. The zero-order chi connectivity index (χ0) is 16.2. The first-order valence-corrected chi connectivity index (χ1v) is 8.27. The second kappa shape index (κ2) is 6.82. The lowest BCUT2D eigenvalue weighted by atomic mass is 10.1. The molecule has 0 bridgehead atoms. The van der Waals surface area contributed by atoms with Gasteiger partial charge < -0.3 is 9.80 Å². The van der Waals surface area contributed by atoms with Crippen LogP contribution >= 0.6 is 0 Å². The van der Waals surface area contributed by atoms with Gasteiger partial charge in [0.1, 0.15) is 0 Å². The lowest BCUT2D eigenvalue weighted by Gasteiger charge is -2.23. The first-order chi connectivity index (χ1) is 11.2. The molecule has 0 N–H and O–H groups in total. The van der Waals surface area contributed by atoms with Crippen molar-refractivity contribution in [3.63, 3.8) is 0 Å². The molecule has 1 aliphatic heterocycles. The molecule has 23 heavy (non-hydrogen) atoms. The highest BCUT2D eigenvalue weighted by Crippen LogP contribution is 2.23. The summed E-state index contributed by atoms with van der Waals surface area (Å²) in [4.78, 5) is 21.3. The Morgan fingerprint density at radius 1 is 1.22 bits per heavy atom. The Kier molecular flexibility index (Phi) is 4.60. The first kappa shape index (κ1) is 15.5. The van der Waals surface area contributed by atoms with Gasteiger partial charge in [0.15, 0.2) is 0 Å².